The molecule has 3 fully saturated rings. The van der Waals surface area contributed by atoms with Gasteiger partial charge in [-0.3, -0.25) is 4.79 Å². The number of rotatable bonds is 1. The van der Waals surface area contributed by atoms with E-state index in [4.69, 9.17) is 10.8 Å². The minimum atomic E-state index is -1.31. The van der Waals surface area contributed by atoms with Crippen molar-refractivity contribution in [1.29, 1.82) is 0 Å². The van der Waals surface area contributed by atoms with Gasteiger partial charge in [0, 0.05) is 0 Å². The first-order valence-corrected chi connectivity index (χ1v) is 3.18. The molecule has 0 saturated heterocycles. The zero-order valence-electron chi connectivity index (χ0n) is 5.30. The predicted molar refractivity (Wildman–Crippen MR) is 31.1 cm³/mol. The third-order valence-electron chi connectivity index (χ3n) is 2.70. The third kappa shape index (κ3) is 0.345. The van der Waals surface area contributed by atoms with Crippen molar-refractivity contribution in [3.8, 4) is 0 Å². The highest BCUT2D eigenvalue weighted by Crippen LogP contribution is 2.67. The van der Waals surface area contributed by atoms with Gasteiger partial charge in [-0.15, -0.1) is 0 Å². The molecule has 56 valence electrons. The van der Waals surface area contributed by atoms with Crippen LogP contribution in [0.15, 0.2) is 0 Å². The number of carboxylic acids is 1. The van der Waals surface area contributed by atoms with Crippen molar-refractivity contribution in [2.24, 2.45) is 11.1 Å². The summed E-state index contributed by atoms with van der Waals surface area (Å²) < 4.78 is 12.7. The molecular weight excluding hydrogens is 137 g/mol. The molecule has 0 radical (unpaired) electrons. The fourth-order valence-electron chi connectivity index (χ4n) is 2.03. The second kappa shape index (κ2) is 1.21. The molecule has 3 nitrogen and oxygen atoms in total. The van der Waals surface area contributed by atoms with Crippen molar-refractivity contribution >= 4 is 5.97 Å². The minimum absolute atomic E-state index is 0.316. The molecule has 3 aliphatic rings. The van der Waals surface area contributed by atoms with Gasteiger partial charge in [0.2, 0.25) is 0 Å². The largest absolute Gasteiger partial charge is 0.481 e. The van der Waals surface area contributed by atoms with Crippen LogP contribution in [0.2, 0.25) is 0 Å². The van der Waals surface area contributed by atoms with Gasteiger partial charge in [0.05, 0.1) is 5.54 Å². The summed E-state index contributed by atoms with van der Waals surface area (Å²) in [5.41, 5.74) is 3.55. The van der Waals surface area contributed by atoms with Crippen LogP contribution >= 0.6 is 0 Å². The van der Waals surface area contributed by atoms with Gasteiger partial charge in [-0.25, -0.2) is 4.39 Å². The van der Waals surface area contributed by atoms with Crippen LogP contribution in [0.4, 0.5) is 4.39 Å². The van der Waals surface area contributed by atoms with E-state index in [1.54, 1.807) is 0 Å². The molecule has 3 saturated carbocycles. The molecule has 2 bridgehead atoms. The average Bonchev–Trinajstić information content (AvgIpc) is 1.81. The van der Waals surface area contributed by atoms with Crippen LogP contribution in [0.1, 0.15) is 12.8 Å². The minimum Gasteiger partial charge on any atom is -0.481 e. The van der Waals surface area contributed by atoms with Gasteiger partial charge in [-0.2, -0.15) is 0 Å². The average molecular weight is 145 g/mol. The van der Waals surface area contributed by atoms with Crippen LogP contribution in [-0.2, 0) is 4.79 Å². The maximum atomic E-state index is 12.7. The molecule has 0 spiro atoms. The number of aliphatic carboxylic acids is 1. The van der Waals surface area contributed by atoms with Gasteiger partial charge in [-0.05, 0) is 12.8 Å². The summed E-state index contributed by atoms with van der Waals surface area (Å²) in [5.74, 6) is -1.03. The number of carbonyl (C=O) groups is 1. The molecule has 0 aromatic rings. The van der Waals surface area contributed by atoms with Crippen LogP contribution in [0.3, 0.4) is 0 Å². The van der Waals surface area contributed by atoms with Crippen molar-refractivity contribution in [2.75, 3.05) is 0 Å². The van der Waals surface area contributed by atoms with Gasteiger partial charge in [0.25, 0.3) is 0 Å². The first kappa shape index (κ1) is 6.09. The predicted octanol–water partition coefficient (Wildman–Crippen LogP) is -0.0996. The summed E-state index contributed by atoms with van der Waals surface area (Å²) in [6.07, 6.45) is -0.676. The van der Waals surface area contributed by atoms with Gasteiger partial charge < -0.3 is 10.8 Å². The molecule has 0 amide bonds. The molecule has 0 heterocycles. The monoisotopic (exact) mass is 145 g/mol. The molecule has 3 aliphatic carbocycles. The molecule has 0 aromatic heterocycles. The molecule has 0 aromatic carbocycles. The Morgan fingerprint density at radius 1 is 1.70 bits per heavy atom. The Bertz CT molecular complexity index is 210. The van der Waals surface area contributed by atoms with Crippen LogP contribution in [0.25, 0.3) is 0 Å². The summed E-state index contributed by atoms with van der Waals surface area (Å²) in [4.78, 5) is 10.4. The van der Waals surface area contributed by atoms with Gasteiger partial charge in [0.1, 0.15) is 11.6 Å². The van der Waals surface area contributed by atoms with E-state index in [-0.39, 0.29) is 0 Å². The topological polar surface area (TPSA) is 63.3 Å². The van der Waals surface area contributed by atoms with Crippen LogP contribution < -0.4 is 5.73 Å². The lowest BCUT2D eigenvalue weighted by molar-refractivity contribution is -0.231. The highest BCUT2D eigenvalue weighted by molar-refractivity contribution is 5.81. The summed E-state index contributed by atoms with van der Waals surface area (Å²) >= 11 is 0. The van der Waals surface area contributed by atoms with Gasteiger partial charge in [0.15, 0.2) is 0 Å². The van der Waals surface area contributed by atoms with Crippen LogP contribution in [0.5, 0.6) is 0 Å². The van der Waals surface area contributed by atoms with E-state index in [0.29, 0.717) is 12.8 Å². The maximum absolute atomic E-state index is 12.7. The summed E-state index contributed by atoms with van der Waals surface area (Å²) in [6.45, 7) is 0. The van der Waals surface area contributed by atoms with Crippen LogP contribution in [-0.4, -0.2) is 22.8 Å². The highest BCUT2D eigenvalue weighted by Gasteiger charge is 2.79. The van der Waals surface area contributed by atoms with E-state index in [0.717, 1.165) is 0 Å². The quantitative estimate of drug-likeness (QED) is 0.541. The number of hydrogen-bond acceptors (Lipinski definition) is 2. The van der Waals surface area contributed by atoms with Gasteiger partial charge >= 0.3 is 5.97 Å². The number of alkyl halides is 1. The second-order valence-electron chi connectivity index (χ2n) is 3.41. The van der Waals surface area contributed by atoms with Gasteiger partial charge in [-0.1, -0.05) is 0 Å². The van der Waals surface area contributed by atoms with Crippen molar-refractivity contribution in [1.82, 2.24) is 0 Å². The van der Waals surface area contributed by atoms with Crippen molar-refractivity contribution in [3.63, 3.8) is 0 Å². The van der Waals surface area contributed by atoms with E-state index in [9.17, 15) is 9.18 Å². The Balaban J connectivity index is 2.21. The summed E-state index contributed by atoms with van der Waals surface area (Å²) in [7, 11) is 0. The van der Waals surface area contributed by atoms with Crippen molar-refractivity contribution in [2.45, 2.75) is 24.6 Å². The molecular formula is C6H8FNO2. The fraction of sp³-hybridized carbons (Fsp3) is 0.833. The highest BCUT2D eigenvalue weighted by atomic mass is 19.1. The Morgan fingerprint density at radius 2 is 2.20 bits per heavy atom. The number of nitrogens with two attached hydrogens (primary N) is 1. The zero-order valence-corrected chi connectivity index (χ0v) is 5.30. The summed E-state index contributed by atoms with van der Waals surface area (Å²) in [5, 5.41) is 8.52. The SMILES string of the molecule is NC12CC(C(=O)O)(C1)C2F. The first-order valence-electron chi connectivity index (χ1n) is 3.18. The molecule has 0 aliphatic heterocycles. The van der Waals surface area contributed by atoms with Crippen molar-refractivity contribution < 1.29 is 14.3 Å². The lowest BCUT2D eigenvalue weighted by Crippen LogP contribution is -2.84. The number of hydrogen-bond donors (Lipinski definition) is 2. The van der Waals surface area contributed by atoms with Crippen molar-refractivity contribution in [3.05, 3.63) is 0 Å². The normalized spacial score (nSPS) is 56.8. The first-order chi connectivity index (χ1) is 4.51. The smallest absolute Gasteiger partial charge is 0.312 e. The number of carboxylic acid groups (broad SMARTS) is 1. The van der Waals surface area contributed by atoms with Crippen LogP contribution in [0, 0.1) is 5.41 Å². The molecule has 4 heteroatoms. The van der Waals surface area contributed by atoms with E-state index in [2.05, 4.69) is 0 Å². The zero-order chi connectivity index (χ0) is 7.57. The molecule has 1 unspecified atom stereocenters. The molecule has 3 rings (SSSR count). The molecule has 3 N–H and O–H groups in total. The van der Waals surface area contributed by atoms with E-state index in [1.807, 2.05) is 0 Å². The third-order valence-corrected chi connectivity index (χ3v) is 2.70. The lowest BCUT2D eigenvalue weighted by Gasteiger charge is -2.68. The standard InChI is InChI=1S/C6H8FNO2/c7-3-5(4(9)10)1-6(3,8)2-5/h3H,1-2,8H2,(H,9,10). The number of halogens is 1. The van der Waals surface area contributed by atoms with E-state index < -0.39 is 23.1 Å². The van der Waals surface area contributed by atoms with E-state index >= 15 is 0 Å². The Morgan fingerprint density at radius 3 is 2.30 bits per heavy atom. The Hall–Kier alpha value is -0.640. The summed E-state index contributed by atoms with van der Waals surface area (Å²) in [6, 6.07) is 0. The molecule has 1 atom stereocenters. The molecule has 10 heavy (non-hydrogen) atoms. The Kier molecular flexibility index (Phi) is 0.736. The fourth-order valence-corrected chi connectivity index (χ4v) is 2.03. The lowest BCUT2D eigenvalue weighted by atomic mass is 9.38. The second-order valence-corrected chi connectivity index (χ2v) is 3.41. The maximum Gasteiger partial charge on any atom is 0.312 e. The van der Waals surface area contributed by atoms with E-state index in [1.165, 1.54) is 0 Å². The Labute approximate surface area is 57.0 Å².